The first-order valence-electron chi connectivity index (χ1n) is 6.71. The van der Waals surface area contributed by atoms with Gasteiger partial charge in [0.25, 0.3) is 0 Å². The van der Waals surface area contributed by atoms with Crippen LogP contribution in [0, 0.1) is 0 Å². The van der Waals surface area contributed by atoms with Crippen molar-refractivity contribution in [1.29, 1.82) is 0 Å². The van der Waals surface area contributed by atoms with Crippen LogP contribution in [0.3, 0.4) is 0 Å². The summed E-state index contributed by atoms with van der Waals surface area (Å²) in [6, 6.07) is 1.12. The molecule has 0 N–H and O–H groups in total. The van der Waals surface area contributed by atoms with E-state index >= 15 is 0 Å². The number of rotatable bonds is 4. The number of likely N-dealkylation sites (N-methyl/N-ethyl adjacent to an activating group) is 1. The first kappa shape index (κ1) is 15.2. The van der Waals surface area contributed by atoms with E-state index in [1.54, 1.807) is 0 Å². The molecule has 1 fully saturated rings. The Balaban J connectivity index is 2.57. The lowest BCUT2D eigenvalue weighted by molar-refractivity contribution is -0.136. The predicted molar refractivity (Wildman–Crippen MR) is 73.5 cm³/mol. The molecule has 1 rings (SSSR count). The summed E-state index contributed by atoms with van der Waals surface area (Å²) in [7, 11) is 3.61. The SMILES string of the molecule is CCC(=CCN1CC(C)N(C)C(C)C1)C(=O)OC. The third kappa shape index (κ3) is 3.82. The zero-order valence-corrected chi connectivity index (χ0v) is 12.3. The molecule has 0 aliphatic carbocycles. The Morgan fingerprint density at radius 3 is 2.33 bits per heavy atom. The summed E-state index contributed by atoms with van der Waals surface area (Å²) in [4.78, 5) is 16.3. The van der Waals surface area contributed by atoms with E-state index in [0.717, 1.165) is 31.6 Å². The molecule has 1 aliphatic heterocycles. The van der Waals surface area contributed by atoms with Gasteiger partial charge in [-0.15, -0.1) is 0 Å². The van der Waals surface area contributed by atoms with Gasteiger partial charge in [0.15, 0.2) is 0 Å². The van der Waals surface area contributed by atoms with Crippen LogP contribution < -0.4 is 0 Å². The van der Waals surface area contributed by atoms with E-state index in [1.807, 2.05) is 13.0 Å². The molecule has 4 heteroatoms. The zero-order valence-electron chi connectivity index (χ0n) is 12.3. The van der Waals surface area contributed by atoms with Crippen molar-refractivity contribution in [3.63, 3.8) is 0 Å². The molecule has 0 radical (unpaired) electrons. The van der Waals surface area contributed by atoms with Crippen LogP contribution in [0.15, 0.2) is 11.6 Å². The van der Waals surface area contributed by atoms with Crippen molar-refractivity contribution >= 4 is 5.97 Å². The van der Waals surface area contributed by atoms with E-state index in [2.05, 4.69) is 30.7 Å². The van der Waals surface area contributed by atoms with E-state index in [1.165, 1.54) is 7.11 Å². The van der Waals surface area contributed by atoms with Crippen molar-refractivity contribution in [2.75, 3.05) is 33.8 Å². The van der Waals surface area contributed by atoms with Gasteiger partial charge < -0.3 is 4.74 Å². The summed E-state index contributed by atoms with van der Waals surface area (Å²) in [6.07, 6.45) is 2.74. The number of methoxy groups -OCH3 is 1. The Hall–Kier alpha value is -0.870. The highest BCUT2D eigenvalue weighted by Gasteiger charge is 2.25. The van der Waals surface area contributed by atoms with Crippen molar-refractivity contribution < 1.29 is 9.53 Å². The molecule has 0 aromatic rings. The number of hydrogen-bond donors (Lipinski definition) is 0. The summed E-state index contributed by atoms with van der Waals surface area (Å²) in [5.74, 6) is -0.201. The van der Waals surface area contributed by atoms with Gasteiger partial charge >= 0.3 is 5.97 Å². The standard InChI is InChI=1S/C14H26N2O2/c1-6-13(14(17)18-5)7-8-16-9-11(2)15(4)12(3)10-16/h7,11-12H,6,8-10H2,1-5H3. The van der Waals surface area contributed by atoms with E-state index in [4.69, 9.17) is 4.74 Å². The Kier molecular flexibility index (Phi) is 5.82. The minimum atomic E-state index is -0.201. The normalized spacial score (nSPS) is 27.3. The number of esters is 1. The average Bonchev–Trinajstić information content (AvgIpc) is 2.36. The number of ether oxygens (including phenoxy) is 1. The number of hydrogen-bond acceptors (Lipinski definition) is 4. The van der Waals surface area contributed by atoms with Crippen LogP contribution in [0.4, 0.5) is 0 Å². The molecule has 1 saturated heterocycles. The van der Waals surface area contributed by atoms with Gasteiger partial charge in [-0.3, -0.25) is 9.80 Å². The third-order valence-corrected chi connectivity index (χ3v) is 3.86. The molecule has 0 aromatic carbocycles. The minimum Gasteiger partial charge on any atom is -0.466 e. The first-order chi connectivity index (χ1) is 8.49. The molecule has 0 spiro atoms. The quantitative estimate of drug-likeness (QED) is 0.562. The lowest BCUT2D eigenvalue weighted by Crippen LogP contribution is -2.54. The largest absolute Gasteiger partial charge is 0.466 e. The molecule has 0 aromatic heterocycles. The van der Waals surface area contributed by atoms with Gasteiger partial charge in [-0.25, -0.2) is 4.79 Å². The molecule has 2 unspecified atom stereocenters. The molecule has 18 heavy (non-hydrogen) atoms. The van der Waals surface area contributed by atoms with Gasteiger partial charge in [-0.1, -0.05) is 13.0 Å². The van der Waals surface area contributed by atoms with Crippen LogP contribution in [0.2, 0.25) is 0 Å². The minimum absolute atomic E-state index is 0.201. The number of carbonyl (C=O) groups is 1. The summed E-state index contributed by atoms with van der Waals surface area (Å²) in [6.45, 7) is 9.41. The van der Waals surface area contributed by atoms with Crippen molar-refractivity contribution in [3.8, 4) is 0 Å². The number of nitrogens with zero attached hydrogens (tertiary/aromatic N) is 2. The molecule has 0 bridgehead atoms. The first-order valence-corrected chi connectivity index (χ1v) is 6.71. The van der Waals surface area contributed by atoms with Crippen LogP contribution >= 0.6 is 0 Å². The molecule has 0 saturated carbocycles. The van der Waals surface area contributed by atoms with Crippen molar-refractivity contribution in [3.05, 3.63) is 11.6 Å². The lowest BCUT2D eigenvalue weighted by atomic mass is 10.1. The van der Waals surface area contributed by atoms with Crippen molar-refractivity contribution in [2.45, 2.75) is 39.3 Å². The summed E-state index contributed by atoms with van der Waals surface area (Å²) in [5.41, 5.74) is 0.775. The van der Waals surface area contributed by atoms with Crippen LogP contribution in [0.25, 0.3) is 0 Å². The molecule has 1 heterocycles. The molecule has 0 amide bonds. The van der Waals surface area contributed by atoms with Crippen molar-refractivity contribution in [2.24, 2.45) is 0 Å². The second-order valence-electron chi connectivity index (χ2n) is 5.16. The zero-order chi connectivity index (χ0) is 13.7. The average molecular weight is 254 g/mol. The molecular weight excluding hydrogens is 228 g/mol. The number of piperazine rings is 1. The highest BCUT2D eigenvalue weighted by Crippen LogP contribution is 2.13. The fourth-order valence-corrected chi connectivity index (χ4v) is 2.41. The molecule has 4 nitrogen and oxygen atoms in total. The van der Waals surface area contributed by atoms with Crippen LogP contribution in [-0.2, 0) is 9.53 Å². The Labute approximate surface area is 111 Å². The van der Waals surface area contributed by atoms with Gasteiger partial charge in [-0.05, 0) is 27.3 Å². The number of carbonyl (C=O) groups excluding carboxylic acids is 1. The molecule has 2 atom stereocenters. The van der Waals surface area contributed by atoms with Crippen LogP contribution in [0.1, 0.15) is 27.2 Å². The van der Waals surface area contributed by atoms with Gasteiger partial charge in [0.05, 0.1) is 7.11 Å². The maximum atomic E-state index is 11.5. The highest BCUT2D eigenvalue weighted by atomic mass is 16.5. The van der Waals surface area contributed by atoms with E-state index < -0.39 is 0 Å². The fraction of sp³-hybridized carbons (Fsp3) is 0.786. The maximum absolute atomic E-state index is 11.5. The van der Waals surface area contributed by atoms with E-state index in [0.29, 0.717) is 12.1 Å². The monoisotopic (exact) mass is 254 g/mol. The van der Waals surface area contributed by atoms with E-state index in [-0.39, 0.29) is 5.97 Å². The fourth-order valence-electron chi connectivity index (χ4n) is 2.41. The summed E-state index contributed by atoms with van der Waals surface area (Å²) >= 11 is 0. The highest BCUT2D eigenvalue weighted by molar-refractivity contribution is 5.88. The second kappa shape index (κ2) is 6.90. The van der Waals surface area contributed by atoms with Crippen LogP contribution in [0.5, 0.6) is 0 Å². The lowest BCUT2D eigenvalue weighted by Gasteiger charge is -2.42. The van der Waals surface area contributed by atoms with Crippen molar-refractivity contribution in [1.82, 2.24) is 9.80 Å². The summed E-state index contributed by atoms with van der Waals surface area (Å²) < 4.78 is 4.77. The smallest absolute Gasteiger partial charge is 0.333 e. The van der Waals surface area contributed by atoms with Gasteiger partial charge in [0.1, 0.15) is 0 Å². The summed E-state index contributed by atoms with van der Waals surface area (Å²) in [5, 5.41) is 0. The second-order valence-corrected chi connectivity index (χ2v) is 5.16. The Bertz CT molecular complexity index is 303. The van der Waals surface area contributed by atoms with Crippen LogP contribution in [-0.4, -0.2) is 61.6 Å². The van der Waals surface area contributed by atoms with Gasteiger partial charge in [-0.2, -0.15) is 0 Å². The molecule has 1 aliphatic rings. The van der Waals surface area contributed by atoms with Gasteiger partial charge in [0, 0.05) is 37.3 Å². The van der Waals surface area contributed by atoms with E-state index in [9.17, 15) is 4.79 Å². The van der Waals surface area contributed by atoms with Gasteiger partial charge in [0.2, 0.25) is 0 Å². The third-order valence-electron chi connectivity index (χ3n) is 3.86. The maximum Gasteiger partial charge on any atom is 0.333 e. The Morgan fingerprint density at radius 2 is 1.89 bits per heavy atom. The topological polar surface area (TPSA) is 32.8 Å². The predicted octanol–water partition coefficient (Wildman–Crippen LogP) is 1.52. The molecule has 104 valence electrons. The molecular formula is C14H26N2O2. The Morgan fingerprint density at radius 1 is 1.33 bits per heavy atom.